The molecule has 0 rings (SSSR count). The second-order valence-electron chi connectivity index (χ2n) is 3.82. The van der Waals surface area contributed by atoms with Crippen LogP contribution in [0.2, 0.25) is 6.04 Å². The summed E-state index contributed by atoms with van der Waals surface area (Å²) in [6, 6.07) is 0.868. The molecule has 0 aliphatic carbocycles. The van der Waals surface area contributed by atoms with Gasteiger partial charge in [0, 0.05) is 40.5 Å². The number of nitrogens with one attached hydrogen (secondary N) is 1. The van der Waals surface area contributed by atoms with E-state index < -0.39 is 8.80 Å². The molecule has 0 heterocycles. The lowest BCUT2D eigenvalue weighted by Gasteiger charge is -2.24. The van der Waals surface area contributed by atoms with Gasteiger partial charge in [-0.2, -0.15) is 0 Å². The van der Waals surface area contributed by atoms with Gasteiger partial charge in [0.2, 0.25) is 0 Å². The highest BCUT2D eigenvalue weighted by atomic mass is 28.4. The molecule has 0 saturated heterocycles. The first-order valence-corrected chi connectivity index (χ1v) is 8.05. The molecule has 0 spiro atoms. The van der Waals surface area contributed by atoms with Gasteiger partial charge in [-0.3, -0.25) is 0 Å². The van der Waals surface area contributed by atoms with Crippen molar-refractivity contribution in [3.63, 3.8) is 0 Å². The summed E-state index contributed by atoms with van der Waals surface area (Å²) in [4.78, 5) is 0. The smallest absolute Gasteiger partial charge is 0.380 e. The average molecular weight is 265 g/mol. The Morgan fingerprint density at radius 1 is 0.882 bits per heavy atom. The van der Waals surface area contributed by atoms with Gasteiger partial charge in [-0.05, 0) is 19.9 Å². The summed E-state index contributed by atoms with van der Waals surface area (Å²) in [5, 5.41) is 3.04. The van der Waals surface area contributed by atoms with Crippen LogP contribution in [0.1, 0.15) is 19.3 Å². The number of rotatable bonds is 12. The highest BCUT2D eigenvalue weighted by Crippen LogP contribution is 2.16. The predicted octanol–water partition coefficient (Wildman–Crippen LogP) is 1.27. The molecule has 17 heavy (non-hydrogen) atoms. The first kappa shape index (κ1) is 17.0. The van der Waals surface area contributed by atoms with Gasteiger partial charge >= 0.3 is 8.80 Å². The molecule has 0 atom stereocenters. The van der Waals surface area contributed by atoms with Crippen LogP contribution in [0.5, 0.6) is 0 Å². The van der Waals surface area contributed by atoms with Crippen LogP contribution in [0, 0.1) is 0 Å². The molecule has 0 saturated carbocycles. The van der Waals surface area contributed by atoms with Crippen LogP contribution in [-0.2, 0) is 18.0 Å². The highest BCUT2D eigenvalue weighted by molar-refractivity contribution is 6.60. The van der Waals surface area contributed by atoms with E-state index in [2.05, 4.69) is 5.32 Å². The standard InChI is InChI=1S/C11H27NO4Si/c1-12-8-10-16-9-6-5-7-11-17(13-2,14-3)15-4/h12H,5-11H2,1-4H3. The van der Waals surface area contributed by atoms with Crippen molar-refractivity contribution in [2.24, 2.45) is 0 Å². The molecule has 104 valence electrons. The zero-order chi connectivity index (χ0) is 13.0. The van der Waals surface area contributed by atoms with Gasteiger partial charge in [-0.25, -0.2) is 0 Å². The zero-order valence-corrected chi connectivity index (χ0v) is 12.6. The summed E-state index contributed by atoms with van der Waals surface area (Å²) in [5.74, 6) is 0. The first-order chi connectivity index (χ1) is 8.24. The molecule has 0 aliphatic heterocycles. The van der Waals surface area contributed by atoms with E-state index >= 15 is 0 Å². The van der Waals surface area contributed by atoms with Gasteiger partial charge in [0.15, 0.2) is 0 Å². The zero-order valence-electron chi connectivity index (χ0n) is 11.6. The lowest BCUT2D eigenvalue weighted by atomic mass is 10.3. The molecule has 0 aliphatic rings. The summed E-state index contributed by atoms with van der Waals surface area (Å²) >= 11 is 0. The lowest BCUT2D eigenvalue weighted by molar-refractivity contribution is 0.120. The fraction of sp³-hybridized carbons (Fsp3) is 1.00. The van der Waals surface area contributed by atoms with Gasteiger partial charge in [0.25, 0.3) is 0 Å². The largest absolute Gasteiger partial charge is 0.500 e. The minimum absolute atomic E-state index is 0.781. The molecule has 0 aromatic heterocycles. The minimum atomic E-state index is -2.35. The molecule has 0 bridgehead atoms. The van der Waals surface area contributed by atoms with Crippen LogP contribution >= 0.6 is 0 Å². The molecule has 0 amide bonds. The minimum Gasteiger partial charge on any atom is -0.380 e. The van der Waals surface area contributed by atoms with Crippen molar-refractivity contribution in [3.05, 3.63) is 0 Å². The number of unbranched alkanes of at least 4 members (excludes halogenated alkanes) is 2. The summed E-state index contributed by atoms with van der Waals surface area (Å²) in [7, 11) is 4.53. The fourth-order valence-electron chi connectivity index (χ4n) is 1.55. The third kappa shape index (κ3) is 7.85. The van der Waals surface area contributed by atoms with Gasteiger partial charge < -0.3 is 23.3 Å². The summed E-state index contributed by atoms with van der Waals surface area (Å²) < 4.78 is 21.5. The second kappa shape index (κ2) is 11.1. The molecule has 1 N–H and O–H groups in total. The summed E-state index contributed by atoms with van der Waals surface area (Å²) in [6.07, 6.45) is 3.24. The lowest BCUT2D eigenvalue weighted by Crippen LogP contribution is -2.42. The summed E-state index contributed by atoms with van der Waals surface area (Å²) in [5.41, 5.74) is 0. The Hall–Kier alpha value is 0.0169. The van der Waals surface area contributed by atoms with Gasteiger partial charge in [0.05, 0.1) is 6.61 Å². The Balaban J connectivity index is 3.43. The van der Waals surface area contributed by atoms with E-state index in [0.29, 0.717) is 0 Å². The van der Waals surface area contributed by atoms with Crippen LogP contribution in [0.3, 0.4) is 0 Å². The van der Waals surface area contributed by atoms with Crippen LogP contribution < -0.4 is 5.32 Å². The predicted molar refractivity (Wildman–Crippen MR) is 70.2 cm³/mol. The number of hydrogen-bond donors (Lipinski definition) is 1. The number of hydrogen-bond acceptors (Lipinski definition) is 5. The average Bonchev–Trinajstić information content (AvgIpc) is 2.38. The van der Waals surface area contributed by atoms with Crippen LogP contribution in [0.25, 0.3) is 0 Å². The maximum absolute atomic E-state index is 5.44. The highest BCUT2D eigenvalue weighted by Gasteiger charge is 2.36. The normalized spacial score (nSPS) is 12.0. The number of likely N-dealkylation sites (N-methyl/N-ethyl adjacent to an activating group) is 1. The topological polar surface area (TPSA) is 49.0 Å². The van der Waals surface area contributed by atoms with Crippen molar-refractivity contribution in [2.45, 2.75) is 25.3 Å². The maximum Gasteiger partial charge on any atom is 0.500 e. The van der Waals surface area contributed by atoms with E-state index in [0.717, 1.165) is 45.1 Å². The van der Waals surface area contributed by atoms with E-state index in [1.807, 2.05) is 7.05 Å². The molecule has 5 nitrogen and oxygen atoms in total. The quantitative estimate of drug-likeness (QED) is 0.425. The molecule has 0 unspecified atom stereocenters. The van der Waals surface area contributed by atoms with Gasteiger partial charge in [0.1, 0.15) is 0 Å². The van der Waals surface area contributed by atoms with Crippen molar-refractivity contribution in [1.82, 2.24) is 5.32 Å². The van der Waals surface area contributed by atoms with E-state index in [1.165, 1.54) is 0 Å². The SMILES string of the molecule is CNCCOCCCCC[Si](OC)(OC)OC. The number of ether oxygens (including phenoxy) is 1. The molecule has 6 heteroatoms. The first-order valence-electron chi connectivity index (χ1n) is 6.12. The van der Waals surface area contributed by atoms with E-state index in [9.17, 15) is 0 Å². The molecule has 0 fully saturated rings. The van der Waals surface area contributed by atoms with Crippen molar-refractivity contribution < 1.29 is 18.0 Å². The fourth-order valence-corrected chi connectivity index (χ4v) is 3.35. The van der Waals surface area contributed by atoms with Crippen LogP contribution in [0.4, 0.5) is 0 Å². The Morgan fingerprint density at radius 2 is 1.53 bits per heavy atom. The monoisotopic (exact) mass is 265 g/mol. The van der Waals surface area contributed by atoms with Gasteiger partial charge in [-0.1, -0.05) is 6.42 Å². The second-order valence-corrected chi connectivity index (χ2v) is 6.91. The summed E-state index contributed by atoms with van der Waals surface area (Å²) in [6.45, 7) is 2.51. The molecule has 0 aromatic rings. The Bertz CT molecular complexity index is 159. The van der Waals surface area contributed by atoms with Crippen molar-refractivity contribution in [1.29, 1.82) is 0 Å². The van der Waals surface area contributed by atoms with E-state index in [-0.39, 0.29) is 0 Å². The Kier molecular flexibility index (Phi) is 11.1. The molecule has 0 aromatic carbocycles. The maximum atomic E-state index is 5.44. The van der Waals surface area contributed by atoms with Crippen LogP contribution in [0.15, 0.2) is 0 Å². The van der Waals surface area contributed by atoms with Crippen molar-refractivity contribution >= 4 is 8.80 Å². The third-order valence-corrected chi connectivity index (χ3v) is 5.53. The van der Waals surface area contributed by atoms with Crippen molar-refractivity contribution in [3.8, 4) is 0 Å². The third-order valence-electron chi connectivity index (χ3n) is 2.70. The van der Waals surface area contributed by atoms with Crippen LogP contribution in [-0.4, -0.2) is 56.9 Å². The Morgan fingerprint density at radius 3 is 2.06 bits per heavy atom. The van der Waals surface area contributed by atoms with Gasteiger partial charge in [-0.15, -0.1) is 0 Å². The molecular formula is C11H27NO4Si. The van der Waals surface area contributed by atoms with E-state index in [1.54, 1.807) is 21.3 Å². The molecule has 0 radical (unpaired) electrons. The van der Waals surface area contributed by atoms with E-state index in [4.69, 9.17) is 18.0 Å². The van der Waals surface area contributed by atoms with Crippen molar-refractivity contribution in [2.75, 3.05) is 48.1 Å². The Labute approximate surface area is 106 Å². The molecular weight excluding hydrogens is 238 g/mol.